The Morgan fingerprint density at radius 2 is 1.32 bits per heavy atom. The van der Waals surface area contributed by atoms with Crippen molar-refractivity contribution >= 4 is 11.8 Å². The Kier molecular flexibility index (Phi) is 6.00. The summed E-state index contributed by atoms with van der Waals surface area (Å²) in [5, 5.41) is 9.40. The van der Waals surface area contributed by atoms with Gasteiger partial charge < -0.3 is 15.6 Å². The monoisotopic (exact) mass is 417 g/mol. The lowest BCUT2D eigenvalue weighted by atomic mass is 9.67. The highest BCUT2D eigenvalue weighted by Crippen LogP contribution is 2.52. The first-order valence-electron chi connectivity index (χ1n) is 10.1. The Bertz CT molecular complexity index is 1130. The summed E-state index contributed by atoms with van der Waals surface area (Å²) in [4.78, 5) is 24.0. The molecular formula is C26H27NO4. The second-order valence-electron chi connectivity index (χ2n) is 7.85. The smallest absolute Gasteiger partial charge is 0.335 e. The van der Waals surface area contributed by atoms with Gasteiger partial charge in [-0.25, -0.2) is 4.79 Å². The van der Waals surface area contributed by atoms with Gasteiger partial charge in [-0.05, 0) is 75.7 Å². The number of ketones is 1. The van der Waals surface area contributed by atoms with Gasteiger partial charge in [0.2, 0.25) is 0 Å². The van der Waals surface area contributed by atoms with Crippen molar-refractivity contribution in [3.05, 3.63) is 93.5 Å². The van der Waals surface area contributed by atoms with Gasteiger partial charge in [0.05, 0.1) is 11.0 Å². The van der Waals surface area contributed by atoms with Gasteiger partial charge in [-0.2, -0.15) is 0 Å². The molecule has 0 atom stereocenters. The van der Waals surface area contributed by atoms with Gasteiger partial charge in [-0.1, -0.05) is 30.3 Å². The van der Waals surface area contributed by atoms with E-state index in [2.05, 4.69) is 12.7 Å². The average molecular weight is 418 g/mol. The largest absolute Gasteiger partial charge is 0.478 e. The molecule has 0 bridgehead atoms. The third kappa shape index (κ3) is 3.73. The standard InChI is InChI=1S/C25H22O4.CH5N/c1-14-5-8-20-22(11-14)29-23-12-15(2)6-9-21(23)25(20,4)19-10-7-17(24(27)28)13-18(19)16(3)26;1-2/h5-13H,1-4H3,(H,27,28);2H2,1H3. The Hall–Kier alpha value is -3.44. The zero-order valence-corrected chi connectivity index (χ0v) is 18.4. The molecule has 0 unspecified atom stereocenters. The number of aryl methyl sites for hydroxylation is 2. The quantitative estimate of drug-likeness (QED) is 0.569. The fourth-order valence-corrected chi connectivity index (χ4v) is 4.21. The van der Waals surface area contributed by atoms with Crippen LogP contribution in [0.15, 0.2) is 54.6 Å². The molecule has 5 heteroatoms. The molecule has 0 spiro atoms. The normalized spacial score (nSPS) is 13.1. The van der Waals surface area contributed by atoms with Crippen molar-refractivity contribution < 1.29 is 19.4 Å². The number of fused-ring (bicyclic) bond motifs is 2. The highest BCUT2D eigenvalue weighted by Gasteiger charge is 2.41. The summed E-state index contributed by atoms with van der Waals surface area (Å²) in [6.45, 7) is 7.56. The number of hydrogen-bond acceptors (Lipinski definition) is 4. The Morgan fingerprint density at radius 1 is 0.839 bits per heavy atom. The highest BCUT2D eigenvalue weighted by atomic mass is 16.5. The van der Waals surface area contributed by atoms with Crippen LogP contribution in [0.1, 0.15) is 62.4 Å². The summed E-state index contributed by atoms with van der Waals surface area (Å²) in [6.07, 6.45) is 0. The van der Waals surface area contributed by atoms with Crippen LogP contribution in [-0.4, -0.2) is 23.9 Å². The van der Waals surface area contributed by atoms with Crippen LogP contribution in [-0.2, 0) is 5.41 Å². The van der Waals surface area contributed by atoms with Crippen molar-refractivity contribution in [1.82, 2.24) is 0 Å². The summed E-state index contributed by atoms with van der Waals surface area (Å²) in [6, 6.07) is 16.9. The molecule has 31 heavy (non-hydrogen) atoms. The van der Waals surface area contributed by atoms with Gasteiger partial charge in [0.25, 0.3) is 0 Å². The van der Waals surface area contributed by atoms with Crippen LogP contribution in [0.4, 0.5) is 0 Å². The van der Waals surface area contributed by atoms with E-state index in [9.17, 15) is 14.7 Å². The highest BCUT2D eigenvalue weighted by molar-refractivity contribution is 5.99. The van der Waals surface area contributed by atoms with E-state index in [1.807, 2.05) is 50.2 Å². The van der Waals surface area contributed by atoms with Crippen molar-refractivity contribution in [2.24, 2.45) is 5.73 Å². The molecule has 0 saturated heterocycles. The first kappa shape index (κ1) is 22.2. The van der Waals surface area contributed by atoms with E-state index < -0.39 is 11.4 Å². The first-order chi connectivity index (χ1) is 14.7. The van der Waals surface area contributed by atoms with Crippen molar-refractivity contribution in [3.8, 4) is 11.5 Å². The van der Waals surface area contributed by atoms with Crippen LogP contribution < -0.4 is 10.5 Å². The molecule has 3 aromatic rings. The fraction of sp³-hybridized carbons (Fsp3) is 0.231. The van der Waals surface area contributed by atoms with Crippen molar-refractivity contribution in [3.63, 3.8) is 0 Å². The summed E-state index contributed by atoms with van der Waals surface area (Å²) in [5.41, 5.74) is 9.17. The third-order valence-electron chi connectivity index (χ3n) is 5.76. The van der Waals surface area contributed by atoms with E-state index in [1.165, 1.54) is 20.0 Å². The van der Waals surface area contributed by atoms with E-state index in [4.69, 9.17) is 4.74 Å². The minimum Gasteiger partial charge on any atom is -0.478 e. The van der Waals surface area contributed by atoms with Crippen molar-refractivity contribution in [2.45, 2.75) is 33.1 Å². The molecule has 3 aromatic carbocycles. The Balaban J connectivity index is 0.00000132. The number of nitrogens with two attached hydrogens (primary N) is 1. The SMILES string of the molecule is CC(=O)c1cc(C(=O)O)ccc1C1(C)c2ccc(C)cc2Oc2cc(C)ccc21.CN. The zero-order chi connectivity index (χ0) is 22.9. The molecule has 0 amide bonds. The van der Waals surface area contributed by atoms with E-state index in [-0.39, 0.29) is 11.3 Å². The molecule has 4 rings (SSSR count). The molecule has 3 N–H and O–H groups in total. The maximum Gasteiger partial charge on any atom is 0.335 e. The number of carboxylic acid groups (broad SMARTS) is 1. The molecule has 0 radical (unpaired) electrons. The average Bonchev–Trinajstić information content (AvgIpc) is 2.74. The number of rotatable bonds is 3. The van der Waals surface area contributed by atoms with E-state index in [0.717, 1.165) is 39.3 Å². The van der Waals surface area contributed by atoms with E-state index in [1.54, 1.807) is 12.1 Å². The molecule has 0 aromatic heterocycles. The lowest BCUT2D eigenvalue weighted by Crippen LogP contribution is -2.31. The van der Waals surface area contributed by atoms with Crippen molar-refractivity contribution in [1.29, 1.82) is 0 Å². The minimum atomic E-state index is -1.05. The number of aromatic carboxylic acids is 1. The summed E-state index contributed by atoms with van der Waals surface area (Å²) in [5.74, 6) is 0.284. The molecule has 5 nitrogen and oxygen atoms in total. The van der Waals surface area contributed by atoms with E-state index in [0.29, 0.717) is 5.56 Å². The summed E-state index contributed by atoms with van der Waals surface area (Å²) < 4.78 is 6.24. The van der Waals surface area contributed by atoms with Crippen LogP contribution in [0.2, 0.25) is 0 Å². The number of hydrogen-bond donors (Lipinski definition) is 2. The molecule has 0 aliphatic carbocycles. The van der Waals surface area contributed by atoms with Crippen LogP contribution in [0.3, 0.4) is 0 Å². The Morgan fingerprint density at radius 3 is 1.77 bits per heavy atom. The molecule has 1 aliphatic heterocycles. The molecular weight excluding hydrogens is 390 g/mol. The lowest BCUT2D eigenvalue weighted by Gasteiger charge is -2.39. The molecule has 0 saturated carbocycles. The van der Waals surface area contributed by atoms with Crippen LogP contribution in [0.5, 0.6) is 11.5 Å². The zero-order valence-electron chi connectivity index (χ0n) is 18.4. The van der Waals surface area contributed by atoms with Gasteiger partial charge in [0.15, 0.2) is 5.78 Å². The first-order valence-corrected chi connectivity index (χ1v) is 10.1. The predicted molar refractivity (Wildman–Crippen MR) is 122 cm³/mol. The summed E-state index contributed by atoms with van der Waals surface area (Å²) in [7, 11) is 1.50. The number of carbonyl (C=O) groups excluding carboxylic acids is 1. The maximum absolute atomic E-state index is 12.5. The second-order valence-corrected chi connectivity index (χ2v) is 7.85. The van der Waals surface area contributed by atoms with Gasteiger partial charge in [-0.3, -0.25) is 4.79 Å². The number of ether oxygens (including phenoxy) is 1. The number of benzene rings is 3. The van der Waals surface area contributed by atoms with Gasteiger partial charge in [0.1, 0.15) is 11.5 Å². The van der Waals surface area contributed by atoms with Crippen molar-refractivity contribution in [2.75, 3.05) is 7.05 Å². The van der Waals surface area contributed by atoms with Gasteiger partial charge in [-0.15, -0.1) is 0 Å². The van der Waals surface area contributed by atoms with Crippen LogP contribution in [0.25, 0.3) is 0 Å². The summed E-state index contributed by atoms with van der Waals surface area (Å²) >= 11 is 0. The number of carboxylic acids is 1. The Labute approximate surface area is 182 Å². The molecule has 1 heterocycles. The lowest BCUT2D eigenvalue weighted by molar-refractivity contribution is 0.0697. The van der Waals surface area contributed by atoms with E-state index >= 15 is 0 Å². The molecule has 1 aliphatic rings. The number of carbonyl (C=O) groups is 2. The van der Waals surface area contributed by atoms with Crippen LogP contribution >= 0.6 is 0 Å². The number of Topliss-reactive ketones (excluding diaryl/α,β-unsaturated/α-hetero) is 1. The van der Waals surface area contributed by atoms with Gasteiger partial charge >= 0.3 is 5.97 Å². The van der Waals surface area contributed by atoms with Crippen LogP contribution in [0, 0.1) is 13.8 Å². The molecule has 160 valence electrons. The topological polar surface area (TPSA) is 89.6 Å². The third-order valence-corrected chi connectivity index (χ3v) is 5.76. The second kappa shape index (κ2) is 8.36. The fourth-order valence-electron chi connectivity index (χ4n) is 4.21. The predicted octanol–water partition coefficient (Wildman–Crippen LogP) is 5.24. The minimum absolute atomic E-state index is 0.0999. The van der Waals surface area contributed by atoms with Gasteiger partial charge in [0, 0.05) is 16.7 Å². The maximum atomic E-state index is 12.5. The molecule has 0 fully saturated rings.